The minimum Gasteiger partial charge on any atom is -0.497 e. The van der Waals surface area contributed by atoms with E-state index < -0.39 is 5.97 Å². The Bertz CT molecular complexity index is 817. The van der Waals surface area contributed by atoms with E-state index in [0.717, 1.165) is 16.9 Å². The van der Waals surface area contributed by atoms with Gasteiger partial charge in [0.25, 0.3) is 5.91 Å². The topological polar surface area (TPSA) is 66.8 Å². The highest BCUT2D eigenvalue weighted by Gasteiger charge is 2.33. The number of rotatable bonds is 7. The molecule has 1 heterocycles. The Morgan fingerprint density at radius 3 is 2.46 bits per heavy atom. The molecule has 3 rings (SSSR count). The minimum atomic E-state index is -0.895. The van der Waals surface area contributed by atoms with Crippen molar-refractivity contribution in [3.63, 3.8) is 0 Å². The number of hydrogen-bond donors (Lipinski definition) is 1. The van der Waals surface area contributed by atoms with Crippen LogP contribution in [0.2, 0.25) is 0 Å². The first kappa shape index (κ1) is 18.1. The number of carbonyl (C=O) groups is 2. The number of hydrogen-bond acceptors (Lipinski definition) is 4. The average Bonchev–Trinajstić information content (AvgIpc) is 2.97. The molecule has 1 unspecified atom stereocenters. The van der Waals surface area contributed by atoms with Gasteiger partial charge in [-0.05, 0) is 29.3 Å². The molecule has 5 nitrogen and oxygen atoms in total. The van der Waals surface area contributed by atoms with Crippen molar-refractivity contribution < 1.29 is 19.4 Å². The van der Waals surface area contributed by atoms with Crippen LogP contribution in [0.4, 0.5) is 0 Å². The predicted molar refractivity (Wildman–Crippen MR) is 102 cm³/mol. The highest BCUT2D eigenvalue weighted by molar-refractivity contribution is 8.00. The lowest BCUT2D eigenvalue weighted by Gasteiger charge is -2.24. The van der Waals surface area contributed by atoms with Crippen molar-refractivity contribution in [2.75, 3.05) is 12.9 Å². The lowest BCUT2D eigenvalue weighted by Crippen LogP contribution is -2.32. The van der Waals surface area contributed by atoms with E-state index in [4.69, 9.17) is 9.84 Å². The molecule has 0 fully saturated rings. The van der Waals surface area contributed by atoms with Crippen LogP contribution in [0.3, 0.4) is 0 Å². The summed E-state index contributed by atoms with van der Waals surface area (Å²) in [5, 5.41) is 8.69. The molecule has 1 N–H and O–H groups in total. The molecule has 1 aliphatic rings. The van der Waals surface area contributed by atoms with Gasteiger partial charge in [0.05, 0.1) is 18.2 Å². The maximum absolute atomic E-state index is 13.0. The summed E-state index contributed by atoms with van der Waals surface area (Å²) in [7, 11) is 1.60. The maximum atomic E-state index is 13.0. The monoisotopic (exact) mass is 369 g/mol. The van der Waals surface area contributed by atoms with E-state index in [2.05, 4.69) is 0 Å². The summed E-state index contributed by atoms with van der Waals surface area (Å²) in [4.78, 5) is 25.6. The molecule has 0 spiro atoms. The fourth-order valence-corrected chi connectivity index (χ4v) is 3.69. The number of thioether (sulfide) groups is 1. The number of ether oxygens (including phenoxy) is 1. The van der Waals surface area contributed by atoms with E-state index in [1.165, 1.54) is 11.8 Å². The number of carbonyl (C=O) groups excluding carboxylic acids is 1. The average molecular weight is 369 g/mol. The van der Waals surface area contributed by atoms with E-state index in [0.29, 0.717) is 12.1 Å². The summed E-state index contributed by atoms with van der Waals surface area (Å²) in [6, 6.07) is 17.0. The van der Waals surface area contributed by atoms with Crippen molar-refractivity contribution in [3.8, 4) is 5.75 Å². The van der Waals surface area contributed by atoms with E-state index in [-0.39, 0.29) is 17.0 Å². The predicted octanol–water partition coefficient (Wildman–Crippen LogP) is 3.26. The van der Waals surface area contributed by atoms with Crippen LogP contribution in [0, 0.1) is 0 Å². The van der Waals surface area contributed by atoms with Crippen LogP contribution in [0.1, 0.15) is 11.1 Å². The van der Waals surface area contributed by atoms with Gasteiger partial charge in [-0.25, -0.2) is 0 Å². The minimum absolute atomic E-state index is 0.0599. The number of aliphatic carboxylic acids is 1. The van der Waals surface area contributed by atoms with Gasteiger partial charge in [0.1, 0.15) is 5.75 Å². The van der Waals surface area contributed by atoms with Crippen molar-refractivity contribution >= 4 is 29.2 Å². The summed E-state index contributed by atoms with van der Waals surface area (Å²) in [5.41, 5.74) is 2.42. The summed E-state index contributed by atoms with van der Waals surface area (Å²) in [6.45, 7) is 0.410. The van der Waals surface area contributed by atoms with Gasteiger partial charge in [-0.15, -0.1) is 11.8 Å². The van der Waals surface area contributed by atoms with E-state index in [1.807, 2.05) is 60.7 Å². The maximum Gasteiger partial charge on any atom is 0.313 e. The van der Waals surface area contributed by atoms with Crippen molar-refractivity contribution in [1.82, 2.24) is 4.90 Å². The van der Waals surface area contributed by atoms with Gasteiger partial charge >= 0.3 is 5.97 Å². The molecule has 134 valence electrons. The Balaban J connectivity index is 1.83. The molecular formula is C20H19NO4S. The first-order chi connectivity index (χ1) is 12.6. The molecule has 6 heteroatoms. The fraction of sp³-hybridized carbons (Fsp3) is 0.200. The summed E-state index contributed by atoms with van der Waals surface area (Å²) in [6.07, 6.45) is 1.86. The standard InChI is InChI=1S/C20H19NO4S/c1-25-16-9-7-14(8-10-16)12-21-18(26-13-19(22)23)11-17(20(21)24)15-5-3-2-4-6-15/h2-11,18H,12-13H2,1H3,(H,22,23). The van der Waals surface area contributed by atoms with Gasteiger partial charge in [-0.2, -0.15) is 0 Å². The first-order valence-electron chi connectivity index (χ1n) is 8.13. The summed E-state index contributed by atoms with van der Waals surface area (Å²) in [5.74, 6) is -0.292. The molecule has 1 atom stereocenters. The first-order valence-corrected chi connectivity index (χ1v) is 9.18. The van der Waals surface area contributed by atoms with Crippen LogP contribution in [-0.2, 0) is 16.1 Å². The van der Waals surface area contributed by atoms with Gasteiger partial charge in [-0.1, -0.05) is 42.5 Å². The molecule has 0 saturated heterocycles. The van der Waals surface area contributed by atoms with Crippen LogP contribution < -0.4 is 4.74 Å². The molecule has 1 aliphatic heterocycles. The van der Waals surface area contributed by atoms with E-state index in [1.54, 1.807) is 12.0 Å². The molecule has 0 saturated carbocycles. The van der Waals surface area contributed by atoms with Gasteiger partial charge in [0, 0.05) is 12.1 Å². The van der Waals surface area contributed by atoms with Crippen molar-refractivity contribution in [2.45, 2.75) is 11.9 Å². The molecule has 1 amide bonds. The zero-order valence-electron chi connectivity index (χ0n) is 14.3. The van der Waals surface area contributed by atoms with Crippen LogP contribution in [0.5, 0.6) is 5.75 Å². The van der Waals surface area contributed by atoms with E-state index in [9.17, 15) is 9.59 Å². The molecule has 26 heavy (non-hydrogen) atoms. The molecular weight excluding hydrogens is 350 g/mol. The number of amides is 1. The second-order valence-electron chi connectivity index (χ2n) is 5.82. The molecule has 0 bridgehead atoms. The summed E-state index contributed by atoms with van der Waals surface area (Å²) >= 11 is 1.23. The number of nitrogens with zero attached hydrogens (tertiary/aromatic N) is 1. The normalized spacial score (nSPS) is 16.5. The van der Waals surface area contributed by atoms with Crippen LogP contribution in [0.15, 0.2) is 60.7 Å². The Hall–Kier alpha value is -2.73. The zero-order chi connectivity index (χ0) is 18.5. The quantitative estimate of drug-likeness (QED) is 0.811. The van der Waals surface area contributed by atoms with Gasteiger partial charge in [0.2, 0.25) is 0 Å². The van der Waals surface area contributed by atoms with Crippen LogP contribution in [0.25, 0.3) is 5.57 Å². The third kappa shape index (κ3) is 4.08. The molecule has 0 radical (unpaired) electrons. The lowest BCUT2D eigenvalue weighted by molar-refractivity contribution is -0.134. The van der Waals surface area contributed by atoms with Crippen LogP contribution >= 0.6 is 11.8 Å². The Kier molecular flexibility index (Phi) is 5.63. The largest absolute Gasteiger partial charge is 0.497 e. The fourth-order valence-electron chi connectivity index (χ4n) is 2.80. The van der Waals surface area contributed by atoms with Gasteiger partial charge in [-0.3, -0.25) is 9.59 Å². The second-order valence-corrected chi connectivity index (χ2v) is 6.93. The SMILES string of the molecule is COc1ccc(CN2C(=O)C(c3ccccc3)=CC2SCC(=O)O)cc1. The lowest BCUT2D eigenvalue weighted by atomic mass is 10.1. The van der Waals surface area contributed by atoms with Gasteiger partial charge < -0.3 is 14.7 Å². The van der Waals surface area contributed by atoms with Crippen molar-refractivity contribution in [3.05, 3.63) is 71.8 Å². The highest BCUT2D eigenvalue weighted by atomic mass is 32.2. The third-order valence-electron chi connectivity index (χ3n) is 4.08. The van der Waals surface area contributed by atoms with Crippen LogP contribution in [-0.4, -0.2) is 40.1 Å². The molecule has 2 aromatic rings. The van der Waals surface area contributed by atoms with E-state index >= 15 is 0 Å². The number of methoxy groups -OCH3 is 1. The Morgan fingerprint density at radius 1 is 1.15 bits per heavy atom. The molecule has 0 aromatic heterocycles. The smallest absolute Gasteiger partial charge is 0.313 e. The van der Waals surface area contributed by atoms with Crippen molar-refractivity contribution in [2.24, 2.45) is 0 Å². The zero-order valence-corrected chi connectivity index (χ0v) is 15.1. The number of benzene rings is 2. The van der Waals surface area contributed by atoms with Gasteiger partial charge in [0.15, 0.2) is 0 Å². The number of carboxylic acids is 1. The molecule has 0 aliphatic carbocycles. The Labute approximate surface area is 156 Å². The third-order valence-corrected chi connectivity index (χ3v) is 5.23. The highest BCUT2D eigenvalue weighted by Crippen LogP contribution is 2.33. The summed E-state index contributed by atoms with van der Waals surface area (Å²) < 4.78 is 5.16. The van der Waals surface area contributed by atoms with Crippen molar-refractivity contribution in [1.29, 1.82) is 0 Å². The second kappa shape index (κ2) is 8.10. The number of carboxylic acid groups (broad SMARTS) is 1. The Morgan fingerprint density at radius 2 is 1.85 bits per heavy atom. The molecule has 2 aromatic carbocycles.